The second-order valence-electron chi connectivity index (χ2n) is 12.4. The van der Waals surface area contributed by atoms with Crippen molar-refractivity contribution in [2.24, 2.45) is 23.7 Å². The maximum absolute atomic E-state index is 13.5. The Kier molecular flexibility index (Phi) is 12.2. The highest BCUT2D eigenvalue weighted by Gasteiger charge is 2.34. The van der Waals surface area contributed by atoms with E-state index in [2.05, 4.69) is 39.0 Å². The van der Waals surface area contributed by atoms with Crippen molar-refractivity contribution in [3.8, 4) is 11.1 Å². The number of hydrogen-bond donors (Lipinski definition) is 0. The highest BCUT2D eigenvalue weighted by atomic mass is 16.1. The third-order valence-corrected chi connectivity index (χ3v) is 8.58. The maximum Gasteiger partial charge on any atom is 0.163 e. The van der Waals surface area contributed by atoms with Crippen LogP contribution in [0.2, 0.25) is 0 Å². The summed E-state index contributed by atoms with van der Waals surface area (Å²) in [4.78, 5) is 50.3. The Hall–Kier alpha value is -2.88. The molecule has 4 nitrogen and oxygen atoms in total. The van der Waals surface area contributed by atoms with Gasteiger partial charge >= 0.3 is 0 Å². The van der Waals surface area contributed by atoms with Gasteiger partial charge in [-0.05, 0) is 85.6 Å². The third-order valence-electron chi connectivity index (χ3n) is 8.58. The van der Waals surface area contributed by atoms with Gasteiger partial charge in [-0.2, -0.15) is 0 Å². The van der Waals surface area contributed by atoms with E-state index in [0.29, 0.717) is 18.6 Å². The zero-order valence-corrected chi connectivity index (χ0v) is 26.2. The van der Waals surface area contributed by atoms with Crippen LogP contribution in [0.4, 0.5) is 0 Å². The standard InChI is InChI=1S/C34H42O4.C3H8/c1-5-7-27(28(6-2)32(37)16-22(4)35)17-24-18-30-29(15-8-21(3)34(30)33(38)20-24)25-11-9-23(10-12-25)19-31(36)26-13-14-26;1-3-2/h8-12,15,24,26-28H,5-7,13-14,16-20H2,1-4H3;3H2,1-2H3. The molecule has 0 N–H and O–H groups in total. The van der Waals surface area contributed by atoms with Crippen LogP contribution in [0, 0.1) is 30.6 Å². The molecule has 0 aliphatic heterocycles. The van der Waals surface area contributed by atoms with Gasteiger partial charge in [-0.25, -0.2) is 0 Å². The lowest BCUT2D eigenvalue weighted by molar-refractivity contribution is -0.130. The van der Waals surface area contributed by atoms with E-state index in [0.717, 1.165) is 78.3 Å². The minimum Gasteiger partial charge on any atom is -0.300 e. The van der Waals surface area contributed by atoms with Gasteiger partial charge in [0.05, 0.1) is 6.42 Å². The van der Waals surface area contributed by atoms with Crippen molar-refractivity contribution in [2.75, 3.05) is 0 Å². The van der Waals surface area contributed by atoms with Gasteiger partial charge in [0.25, 0.3) is 0 Å². The molecule has 2 aromatic rings. The SMILES string of the molecule is CCC.CCCC(CC1CC(=O)c2c(C)ccc(-c3ccc(CC(=O)C4CC4)cc3)c2C1)C(CC)C(=O)CC(C)=O. The predicted octanol–water partition coefficient (Wildman–Crippen LogP) is 8.73. The molecule has 3 unspecified atom stereocenters. The summed E-state index contributed by atoms with van der Waals surface area (Å²) in [5.74, 6) is 1.02. The summed E-state index contributed by atoms with van der Waals surface area (Å²) in [6, 6.07) is 12.4. The smallest absolute Gasteiger partial charge is 0.163 e. The highest BCUT2D eigenvalue weighted by molar-refractivity contribution is 6.02. The van der Waals surface area contributed by atoms with Gasteiger partial charge in [-0.15, -0.1) is 0 Å². The molecule has 4 rings (SSSR count). The molecule has 0 spiro atoms. The molecular weight excluding hydrogens is 508 g/mol. The summed E-state index contributed by atoms with van der Waals surface area (Å²) in [7, 11) is 0. The average Bonchev–Trinajstić information content (AvgIpc) is 3.76. The maximum atomic E-state index is 13.5. The van der Waals surface area contributed by atoms with Crippen molar-refractivity contribution >= 4 is 23.1 Å². The fraction of sp³-hybridized carbons (Fsp3) is 0.568. The van der Waals surface area contributed by atoms with Crippen LogP contribution >= 0.6 is 0 Å². The van der Waals surface area contributed by atoms with Crippen LogP contribution in [-0.2, 0) is 27.2 Å². The number of fused-ring (bicyclic) bond motifs is 1. The van der Waals surface area contributed by atoms with Crippen LogP contribution in [0.25, 0.3) is 11.1 Å². The monoisotopic (exact) mass is 558 g/mol. The summed E-state index contributed by atoms with van der Waals surface area (Å²) < 4.78 is 0. The molecule has 41 heavy (non-hydrogen) atoms. The highest BCUT2D eigenvalue weighted by Crippen LogP contribution is 2.40. The van der Waals surface area contributed by atoms with Gasteiger partial charge in [0.2, 0.25) is 0 Å². The molecular formula is C37H50O4. The molecule has 222 valence electrons. The largest absolute Gasteiger partial charge is 0.300 e. The zero-order valence-electron chi connectivity index (χ0n) is 26.2. The fourth-order valence-corrected chi connectivity index (χ4v) is 6.56. The number of Topliss-reactive ketones (excluding diaryl/α,β-unsaturated/α-hetero) is 4. The Morgan fingerprint density at radius 2 is 1.59 bits per heavy atom. The average molecular weight is 559 g/mol. The number of benzene rings is 2. The first-order valence-corrected chi connectivity index (χ1v) is 15.9. The van der Waals surface area contributed by atoms with Crippen LogP contribution in [0.3, 0.4) is 0 Å². The van der Waals surface area contributed by atoms with Gasteiger partial charge in [0, 0.05) is 30.2 Å². The van der Waals surface area contributed by atoms with E-state index in [1.807, 2.05) is 32.0 Å². The molecule has 0 aromatic heterocycles. The van der Waals surface area contributed by atoms with Crippen LogP contribution in [0.1, 0.15) is 119 Å². The van der Waals surface area contributed by atoms with Gasteiger partial charge in [-0.1, -0.05) is 83.4 Å². The Balaban J connectivity index is 0.00000147. The summed E-state index contributed by atoms with van der Waals surface area (Å²) in [6.45, 7) is 11.9. The molecule has 2 aliphatic carbocycles. The van der Waals surface area contributed by atoms with E-state index in [1.54, 1.807) is 0 Å². The Labute approximate surface area is 247 Å². The first kappa shape index (κ1) is 32.6. The first-order valence-electron chi connectivity index (χ1n) is 15.9. The lowest BCUT2D eigenvalue weighted by Gasteiger charge is -2.32. The minimum atomic E-state index is -0.127. The van der Waals surface area contributed by atoms with E-state index in [9.17, 15) is 19.2 Å². The van der Waals surface area contributed by atoms with E-state index in [4.69, 9.17) is 0 Å². The Bertz CT molecular complexity index is 1220. The van der Waals surface area contributed by atoms with Gasteiger partial charge in [0.15, 0.2) is 5.78 Å². The number of carbonyl (C=O) groups is 4. The van der Waals surface area contributed by atoms with E-state index >= 15 is 0 Å². The van der Waals surface area contributed by atoms with E-state index in [1.165, 1.54) is 13.3 Å². The van der Waals surface area contributed by atoms with E-state index in [-0.39, 0.29) is 47.4 Å². The summed E-state index contributed by atoms with van der Waals surface area (Å²) in [6.07, 6.45) is 8.62. The molecule has 0 heterocycles. The Morgan fingerprint density at radius 1 is 0.927 bits per heavy atom. The van der Waals surface area contributed by atoms with Crippen LogP contribution in [0.5, 0.6) is 0 Å². The van der Waals surface area contributed by atoms with Crippen molar-refractivity contribution in [3.63, 3.8) is 0 Å². The fourth-order valence-electron chi connectivity index (χ4n) is 6.56. The normalized spacial score (nSPS) is 17.6. The molecule has 3 atom stereocenters. The summed E-state index contributed by atoms with van der Waals surface area (Å²) in [5.41, 5.74) is 6.21. The Morgan fingerprint density at radius 3 is 2.15 bits per heavy atom. The molecule has 0 bridgehead atoms. The molecule has 1 saturated carbocycles. The number of rotatable bonds is 13. The van der Waals surface area contributed by atoms with E-state index < -0.39 is 0 Å². The van der Waals surface area contributed by atoms with Crippen molar-refractivity contribution in [1.82, 2.24) is 0 Å². The molecule has 1 fully saturated rings. The zero-order chi connectivity index (χ0) is 30.1. The lowest BCUT2D eigenvalue weighted by Crippen LogP contribution is -2.30. The second-order valence-corrected chi connectivity index (χ2v) is 12.4. The van der Waals surface area contributed by atoms with Crippen molar-refractivity contribution in [1.29, 1.82) is 0 Å². The molecule has 0 amide bonds. The molecule has 0 radical (unpaired) electrons. The number of carbonyl (C=O) groups excluding carboxylic acids is 4. The van der Waals surface area contributed by atoms with Crippen molar-refractivity contribution in [3.05, 3.63) is 58.7 Å². The molecule has 2 aliphatic rings. The topological polar surface area (TPSA) is 68.3 Å². The third kappa shape index (κ3) is 8.80. The van der Waals surface area contributed by atoms with Gasteiger partial charge < -0.3 is 0 Å². The quantitative estimate of drug-likeness (QED) is 0.231. The first-order chi connectivity index (χ1) is 19.6. The molecule has 0 saturated heterocycles. The van der Waals surface area contributed by atoms with Gasteiger partial charge in [0.1, 0.15) is 17.3 Å². The van der Waals surface area contributed by atoms with Crippen LogP contribution in [0.15, 0.2) is 36.4 Å². The van der Waals surface area contributed by atoms with Crippen LogP contribution in [-0.4, -0.2) is 23.1 Å². The number of hydrogen-bond acceptors (Lipinski definition) is 4. The molecule has 2 aromatic carbocycles. The number of aryl methyl sites for hydroxylation is 1. The lowest BCUT2D eigenvalue weighted by atomic mass is 9.71. The predicted molar refractivity (Wildman–Crippen MR) is 167 cm³/mol. The summed E-state index contributed by atoms with van der Waals surface area (Å²) >= 11 is 0. The van der Waals surface area contributed by atoms with Crippen molar-refractivity contribution < 1.29 is 19.2 Å². The summed E-state index contributed by atoms with van der Waals surface area (Å²) in [5, 5.41) is 0. The minimum absolute atomic E-state index is 0.0107. The molecule has 4 heteroatoms. The van der Waals surface area contributed by atoms with Crippen LogP contribution < -0.4 is 0 Å². The van der Waals surface area contributed by atoms with Crippen molar-refractivity contribution in [2.45, 2.75) is 112 Å². The number of ketones is 4. The van der Waals surface area contributed by atoms with Gasteiger partial charge in [-0.3, -0.25) is 19.2 Å². The second kappa shape index (κ2) is 15.4.